The minimum Gasteiger partial charge on any atom is -0.507 e. The SMILES string of the molecule is COC1C(O)CC(OC2CC(Oc3cc4cc5c(c(O)c4c(O)c3C)C(=O)[C@@H](OC3CC(OC4CC(OC6CC(C)(O)C(OC(C)=O)C(C)O6)C(O)C(C)O4)C(O)C(C)O3)[C@H]([C@H](OC)C(=O)[C@@H](O)[C@@H](C)O)C5)OC(C)C2OC(C)=O)OC1C. The molecule has 5 saturated heterocycles. The molecule has 5 aliphatic heterocycles. The third-order valence-corrected chi connectivity index (χ3v) is 16.6. The van der Waals surface area contributed by atoms with Crippen molar-refractivity contribution >= 4 is 34.3 Å². The van der Waals surface area contributed by atoms with Gasteiger partial charge in [-0.2, -0.15) is 0 Å². The largest absolute Gasteiger partial charge is 0.507 e. The summed E-state index contributed by atoms with van der Waals surface area (Å²) in [5, 5.41) is 90.1. The summed E-state index contributed by atoms with van der Waals surface area (Å²) in [6.45, 7) is 14.8. The molecule has 2 aromatic rings. The number of ketones is 2. The number of hydrogen-bond acceptors (Lipinski definition) is 26. The molecule has 26 heteroatoms. The standard InChI is InChI=1S/C57H82O26/c1-21-34(79-40-19-37(53(26(6)75-40)77-28(8)59)82-38-16-33(61)52(70-11)25(5)74-38)15-31-13-30-14-32(54(71-12)51(68)46(63)22(2)58)55(50(67)44(30)49(66)43(31)45(21)62)83-41-18-35(47(64)24(4)73-41)80-39-17-36(48(65)23(3)72-39)81-42-20-57(10,69)56(27(7)76-42)78-29(9)60/h13,15,22-27,32-33,35-42,46-48,52-56,58,61-66,69H,14,16-20H2,1-12H3/t22-,23?,24?,25?,26?,27?,32+,33?,35?,36?,37?,38?,39?,40?,41?,42?,46+,47?,48?,52?,53?,54+,55+,56?,57?/m1/s1. The molecule has 8 rings (SSSR count). The van der Waals surface area contributed by atoms with Crippen LogP contribution in [0.4, 0.5) is 0 Å². The van der Waals surface area contributed by atoms with E-state index in [0.29, 0.717) is 0 Å². The van der Waals surface area contributed by atoms with E-state index in [1.54, 1.807) is 27.7 Å². The van der Waals surface area contributed by atoms with Crippen LogP contribution in [-0.4, -0.2) is 225 Å². The molecule has 8 N–H and O–H groups in total. The van der Waals surface area contributed by atoms with Gasteiger partial charge in [-0.1, -0.05) is 0 Å². The van der Waals surface area contributed by atoms with E-state index in [-0.39, 0.29) is 71.7 Å². The lowest BCUT2D eigenvalue weighted by atomic mass is 9.75. The highest BCUT2D eigenvalue weighted by Crippen LogP contribution is 2.48. The first-order valence-electron chi connectivity index (χ1n) is 28.2. The average Bonchev–Trinajstić information content (AvgIpc) is 3.47. The summed E-state index contributed by atoms with van der Waals surface area (Å²) in [6, 6.07) is 3.04. The van der Waals surface area contributed by atoms with E-state index >= 15 is 4.79 Å². The number of aliphatic hydroxyl groups excluding tert-OH is 5. The lowest BCUT2D eigenvalue weighted by molar-refractivity contribution is -0.334. The predicted octanol–water partition coefficient (Wildman–Crippen LogP) is 1.55. The van der Waals surface area contributed by atoms with Crippen LogP contribution in [0.2, 0.25) is 0 Å². The van der Waals surface area contributed by atoms with Gasteiger partial charge in [0, 0.05) is 71.7 Å². The van der Waals surface area contributed by atoms with Gasteiger partial charge in [-0.25, -0.2) is 0 Å². The van der Waals surface area contributed by atoms with E-state index in [1.807, 2.05) is 0 Å². The Kier molecular flexibility index (Phi) is 20.5. The Morgan fingerprint density at radius 2 is 1.22 bits per heavy atom. The van der Waals surface area contributed by atoms with Crippen LogP contribution >= 0.6 is 0 Å². The van der Waals surface area contributed by atoms with Gasteiger partial charge < -0.3 is 107 Å². The van der Waals surface area contributed by atoms with Crippen LogP contribution in [0.25, 0.3) is 10.8 Å². The molecule has 466 valence electrons. The summed E-state index contributed by atoms with van der Waals surface area (Å²) < 4.78 is 84.2. The monoisotopic (exact) mass is 1180 g/mol. The molecule has 0 bridgehead atoms. The minimum absolute atomic E-state index is 0.0251. The second-order valence-electron chi connectivity index (χ2n) is 23.1. The van der Waals surface area contributed by atoms with Gasteiger partial charge in [0.25, 0.3) is 0 Å². The Hall–Kier alpha value is -4.30. The summed E-state index contributed by atoms with van der Waals surface area (Å²) in [5.41, 5.74) is -1.51. The number of phenolic OH excluding ortho intramolecular Hbond substituents is 2. The number of aliphatic hydroxyl groups is 6. The number of fused-ring (bicyclic) bond motifs is 2. The van der Waals surface area contributed by atoms with E-state index in [1.165, 1.54) is 67.9 Å². The van der Waals surface area contributed by atoms with Gasteiger partial charge in [-0.15, -0.1) is 0 Å². The molecule has 20 unspecified atom stereocenters. The topological polar surface area (TPSA) is 359 Å². The van der Waals surface area contributed by atoms with E-state index in [2.05, 4.69) is 0 Å². The Labute approximate surface area is 480 Å². The molecule has 0 saturated carbocycles. The molecule has 0 spiro atoms. The zero-order chi connectivity index (χ0) is 60.8. The van der Waals surface area contributed by atoms with Crippen molar-refractivity contribution in [2.45, 2.75) is 255 Å². The Balaban J connectivity index is 1.04. The summed E-state index contributed by atoms with van der Waals surface area (Å²) in [6.07, 6.45) is -25.9. The maximum atomic E-state index is 15.1. The zero-order valence-corrected chi connectivity index (χ0v) is 48.7. The molecule has 26 nitrogen and oxygen atoms in total. The summed E-state index contributed by atoms with van der Waals surface area (Å²) >= 11 is 0. The number of hydrogen-bond donors (Lipinski definition) is 8. The van der Waals surface area contributed by atoms with Crippen LogP contribution < -0.4 is 4.74 Å². The van der Waals surface area contributed by atoms with Crippen molar-refractivity contribution in [1.82, 2.24) is 0 Å². The Bertz CT molecular complexity index is 2620. The molecule has 1 aliphatic carbocycles. The van der Waals surface area contributed by atoms with Crippen LogP contribution in [-0.2, 0) is 82.4 Å². The number of carbonyl (C=O) groups is 4. The van der Waals surface area contributed by atoms with Crippen molar-refractivity contribution in [3.63, 3.8) is 0 Å². The number of phenols is 2. The van der Waals surface area contributed by atoms with Crippen LogP contribution in [0.1, 0.15) is 116 Å². The number of carbonyl (C=O) groups excluding carboxylic acids is 4. The molecule has 83 heavy (non-hydrogen) atoms. The van der Waals surface area contributed by atoms with Crippen molar-refractivity contribution in [2.75, 3.05) is 14.2 Å². The first-order valence-corrected chi connectivity index (χ1v) is 28.2. The lowest BCUT2D eigenvalue weighted by Gasteiger charge is -2.46. The first kappa shape index (κ1) is 64.7. The number of ether oxygens (including phenoxy) is 14. The van der Waals surface area contributed by atoms with Gasteiger partial charge in [0.05, 0.1) is 65.9 Å². The predicted molar refractivity (Wildman–Crippen MR) is 282 cm³/mol. The molecule has 2 aromatic carbocycles. The van der Waals surface area contributed by atoms with Crippen LogP contribution in [0.15, 0.2) is 12.1 Å². The van der Waals surface area contributed by atoms with E-state index in [0.717, 1.165) is 0 Å². The van der Waals surface area contributed by atoms with Crippen molar-refractivity contribution in [3.8, 4) is 17.2 Å². The second-order valence-corrected chi connectivity index (χ2v) is 23.1. The van der Waals surface area contributed by atoms with E-state index in [4.69, 9.17) is 66.3 Å². The summed E-state index contributed by atoms with van der Waals surface area (Å²) in [5.74, 6) is -5.32. The van der Waals surface area contributed by atoms with Gasteiger partial charge in [0.2, 0.25) is 6.29 Å². The Morgan fingerprint density at radius 3 is 1.78 bits per heavy atom. The number of aromatic hydroxyl groups is 2. The van der Waals surface area contributed by atoms with Gasteiger partial charge in [0.15, 0.2) is 48.9 Å². The molecule has 5 fully saturated rings. The van der Waals surface area contributed by atoms with Crippen molar-refractivity contribution in [1.29, 1.82) is 0 Å². The normalized spacial score (nSPS) is 39.7. The minimum atomic E-state index is -1.96. The highest BCUT2D eigenvalue weighted by Gasteiger charge is 2.52. The summed E-state index contributed by atoms with van der Waals surface area (Å²) in [7, 11) is 2.64. The first-order chi connectivity index (χ1) is 39.0. The fourth-order valence-electron chi connectivity index (χ4n) is 12.4. The molecule has 0 amide bonds. The number of esters is 2. The number of Topliss-reactive ketones (excluding diaryl/α,β-unsaturated/α-hetero) is 2. The van der Waals surface area contributed by atoms with Gasteiger partial charge in [-0.05, 0) is 84.9 Å². The highest BCUT2D eigenvalue weighted by atomic mass is 16.7. The molecule has 0 aromatic heterocycles. The Morgan fingerprint density at radius 1 is 0.687 bits per heavy atom. The van der Waals surface area contributed by atoms with Crippen molar-refractivity contribution in [3.05, 3.63) is 28.8 Å². The van der Waals surface area contributed by atoms with Gasteiger partial charge in [-0.3, -0.25) is 19.2 Å². The van der Waals surface area contributed by atoms with Crippen LogP contribution in [0.3, 0.4) is 0 Å². The molecule has 25 atom stereocenters. The number of rotatable bonds is 18. The molecule has 5 heterocycles. The lowest BCUT2D eigenvalue weighted by Crippen LogP contribution is -2.59. The zero-order valence-electron chi connectivity index (χ0n) is 48.7. The third-order valence-electron chi connectivity index (χ3n) is 16.6. The molecular weight excluding hydrogens is 1100 g/mol. The van der Waals surface area contributed by atoms with Crippen molar-refractivity contribution < 1.29 is 126 Å². The van der Waals surface area contributed by atoms with Crippen molar-refractivity contribution in [2.24, 2.45) is 5.92 Å². The van der Waals surface area contributed by atoms with Crippen LogP contribution in [0.5, 0.6) is 17.2 Å². The van der Waals surface area contributed by atoms with Gasteiger partial charge >= 0.3 is 11.9 Å². The smallest absolute Gasteiger partial charge is 0.303 e. The molecule has 0 radical (unpaired) electrons. The van der Waals surface area contributed by atoms with Crippen LogP contribution in [0, 0.1) is 12.8 Å². The third kappa shape index (κ3) is 13.9. The quantitative estimate of drug-likeness (QED) is 0.0982. The second kappa shape index (κ2) is 26.4. The maximum absolute atomic E-state index is 15.1. The fourth-order valence-corrected chi connectivity index (χ4v) is 12.4. The molecular formula is C57H82O26. The molecule has 6 aliphatic rings. The number of benzene rings is 2. The average molecular weight is 1180 g/mol. The van der Waals surface area contributed by atoms with Gasteiger partial charge in [0.1, 0.15) is 65.6 Å². The highest BCUT2D eigenvalue weighted by molar-refractivity contribution is 6.11. The maximum Gasteiger partial charge on any atom is 0.303 e. The van der Waals surface area contributed by atoms with E-state index in [9.17, 15) is 55.2 Å². The fraction of sp³-hybridized carbons (Fsp3) is 0.754. The summed E-state index contributed by atoms with van der Waals surface area (Å²) in [4.78, 5) is 53.2. The number of methoxy groups -OCH3 is 2. The van der Waals surface area contributed by atoms with E-state index < -0.39 is 188 Å².